The SMILES string of the molecule is CC(C)N(C)Cc1ccccc1CNS(=O)(=O)c1cccc(S(N)(=O)=O)c1. The minimum absolute atomic E-state index is 0.101. The molecule has 0 aliphatic carbocycles. The lowest BCUT2D eigenvalue weighted by atomic mass is 10.1. The molecule has 2 aromatic rings. The van der Waals surface area contributed by atoms with Crippen molar-refractivity contribution in [3.63, 3.8) is 0 Å². The molecule has 0 aliphatic heterocycles. The highest BCUT2D eigenvalue weighted by Gasteiger charge is 2.18. The number of sulfonamides is 2. The topological polar surface area (TPSA) is 110 Å². The molecule has 0 saturated heterocycles. The average molecular weight is 412 g/mol. The predicted molar refractivity (Wildman–Crippen MR) is 105 cm³/mol. The summed E-state index contributed by atoms with van der Waals surface area (Å²) in [6.07, 6.45) is 0. The molecule has 2 rings (SSSR count). The van der Waals surface area contributed by atoms with Crippen molar-refractivity contribution in [1.82, 2.24) is 9.62 Å². The monoisotopic (exact) mass is 411 g/mol. The first-order chi connectivity index (χ1) is 12.5. The summed E-state index contributed by atoms with van der Waals surface area (Å²) in [5.74, 6) is 0. The van der Waals surface area contributed by atoms with E-state index in [9.17, 15) is 16.8 Å². The third-order valence-electron chi connectivity index (χ3n) is 4.32. The number of nitrogens with one attached hydrogen (secondary N) is 1. The lowest BCUT2D eigenvalue weighted by Gasteiger charge is -2.22. The summed E-state index contributed by atoms with van der Waals surface area (Å²) in [5.41, 5.74) is 1.88. The van der Waals surface area contributed by atoms with Crippen LogP contribution in [-0.2, 0) is 33.1 Å². The Hall–Kier alpha value is -1.78. The lowest BCUT2D eigenvalue weighted by Crippen LogP contribution is -2.28. The van der Waals surface area contributed by atoms with Gasteiger partial charge >= 0.3 is 0 Å². The fraction of sp³-hybridized carbons (Fsp3) is 0.333. The molecule has 0 unspecified atom stereocenters. The second-order valence-electron chi connectivity index (χ2n) is 6.62. The average Bonchev–Trinajstić information content (AvgIpc) is 2.60. The fourth-order valence-electron chi connectivity index (χ4n) is 2.41. The second kappa shape index (κ2) is 8.49. The molecule has 0 aromatic heterocycles. The number of hydrogen-bond donors (Lipinski definition) is 2. The molecule has 0 atom stereocenters. The van der Waals surface area contributed by atoms with E-state index in [1.54, 1.807) is 0 Å². The van der Waals surface area contributed by atoms with E-state index in [1.165, 1.54) is 18.2 Å². The number of hydrogen-bond acceptors (Lipinski definition) is 5. The summed E-state index contributed by atoms with van der Waals surface area (Å²) in [4.78, 5) is 1.76. The molecule has 0 spiro atoms. The first-order valence-corrected chi connectivity index (χ1v) is 11.4. The van der Waals surface area contributed by atoms with Gasteiger partial charge in [0.25, 0.3) is 0 Å². The van der Waals surface area contributed by atoms with Gasteiger partial charge in [-0.2, -0.15) is 0 Å². The summed E-state index contributed by atoms with van der Waals surface area (Å²) < 4.78 is 50.6. The van der Waals surface area contributed by atoms with Crippen molar-refractivity contribution in [2.75, 3.05) is 7.05 Å². The Morgan fingerprint density at radius 3 is 2.15 bits per heavy atom. The van der Waals surface area contributed by atoms with Crippen LogP contribution >= 0.6 is 0 Å². The summed E-state index contributed by atoms with van der Waals surface area (Å²) >= 11 is 0. The first-order valence-electron chi connectivity index (χ1n) is 8.40. The van der Waals surface area contributed by atoms with Crippen molar-refractivity contribution in [3.8, 4) is 0 Å². The van der Waals surface area contributed by atoms with Crippen LogP contribution < -0.4 is 9.86 Å². The van der Waals surface area contributed by atoms with Gasteiger partial charge in [0, 0.05) is 19.1 Å². The molecule has 3 N–H and O–H groups in total. The minimum atomic E-state index is -3.98. The normalized spacial score (nSPS) is 12.7. The Morgan fingerprint density at radius 2 is 1.56 bits per heavy atom. The van der Waals surface area contributed by atoms with Crippen LogP contribution in [0.2, 0.25) is 0 Å². The molecular formula is C18H25N3O4S2. The van der Waals surface area contributed by atoms with Crippen LogP contribution in [0.4, 0.5) is 0 Å². The molecule has 0 amide bonds. The molecule has 7 nitrogen and oxygen atoms in total. The van der Waals surface area contributed by atoms with E-state index in [0.717, 1.165) is 17.2 Å². The van der Waals surface area contributed by atoms with Crippen LogP contribution in [0.1, 0.15) is 25.0 Å². The van der Waals surface area contributed by atoms with Crippen LogP contribution in [-0.4, -0.2) is 34.8 Å². The fourth-order valence-corrected chi connectivity index (χ4v) is 4.10. The van der Waals surface area contributed by atoms with Gasteiger partial charge in [-0.25, -0.2) is 26.7 Å². The van der Waals surface area contributed by atoms with E-state index in [-0.39, 0.29) is 16.3 Å². The number of nitrogens with zero attached hydrogens (tertiary/aromatic N) is 1. The Bertz CT molecular complexity index is 1000. The standard InChI is InChI=1S/C18H25N3O4S2/c1-14(2)21(3)13-16-8-5-4-7-15(16)12-20-27(24,25)18-10-6-9-17(11-18)26(19,22)23/h4-11,14,20H,12-13H2,1-3H3,(H2,19,22,23). The summed E-state index contributed by atoms with van der Waals surface area (Å²) in [6.45, 7) is 4.97. The lowest BCUT2D eigenvalue weighted by molar-refractivity contribution is 0.265. The van der Waals surface area contributed by atoms with E-state index in [1.807, 2.05) is 31.3 Å². The van der Waals surface area contributed by atoms with Crippen LogP contribution in [0.3, 0.4) is 0 Å². The van der Waals surface area contributed by atoms with Crippen molar-refractivity contribution < 1.29 is 16.8 Å². The first kappa shape index (κ1) is 21.5. The van der Waals surface area contributed by atoms with Gasteiger partial charge in [-0.1, -0.05) is 30.3 Å². The quantitative estimate of drug-likeness (QED) is 0.686. The van der Waals surface area contributed by atoms with E-state index < -0.39 is 20.0 Å². The van der Waals surface area contributed by atoms with E-state index >= 15 is 0 Å². The Kier molecular flexibility index (Phi) is 6.77. The third-order valence-corrected chi connectivity index (χ3v) is 6.63. The molecule has 0 heterocycles. The Labute approximate surface area is 161 Å². The van der Waals surface area contributed by atoms with Crippen LogP contribution in [0.15, 0.2) is 58.3 Å². The Morgan fingerprint density at radius 1 is 0.963 bits per heavy atom. The zero-order chi connectivity index (χ0) is 20.2. The molecular weight excluding hydrogens is 386 g/mol. The molecule has 0 radical (unpaired) electrons. The maximum absolute atomic E-state index is 12.6. The molecule has 0 fully saturated rings. The second-order valence-corrected chi connectivity index (χ2v) is 9.95. The van der Waals surface area contributed by atoms with Gasteiger partial charge in [-0.05, 0) is 50.2 Å². The highest BCUT2D eigenvalue weighted by molar-refractivity contribution is 7.90. The van der Waals surface area contributed by atoms with Gasteiger partial charge in [0.2, 0.25) is 20.0 Å². The summed E-state index contributed by atoms with van der Waals surface area (Å²) in [6, 6.07) is 12.9. The maximum atomic E-state index is 12.6. The van der Waals surface area contributed by atoms with Crippen molar-refractivity contribution in [2.24, 2.45) is 5.14 Å². The van der Waals surface area contributed by atoms with Gasteiger partial charge in [0.15, 0.2) is 0 Å². The zero-order valence-electron chi connectivity index (χ0n) is 15.6. The minimum Gasteiger partial charge on any atom is -0.300 e. The van der Waals surface area contributed by atoms with Crippen LogP contribution in [0, 0.1) is 0 Å². The van der Waals surface area contributed by atoms with Crippen LogP contribution in [0.5, 0.6) is 0 Å². The molecule has 9 heteroatoms. The highest BCUT2D eigenvalue weighted by atomic mass is 32.2. The smallest absolute Gasteiger partial charge is 0.240 e. The van der Waals surface area contributed by atoms with Crippen LogP contribution in [0.25, 0.3) is 0 Å². The van der Waals surface area contributed by atoms with E-state index in [2.05, 4.69) is 23.5 Å². The molecule has 0 aliphatic rings. The van der Waals surface area contributed by atoms with Gasteiger partial charge in [0.05, 0.1) is 9.79 Å². The number of nitrogens with two attached hydrogens (primary N) is 1. The van der Waals surface area contributed by atoms with Crippen molar-refractivity contribution in [3.05, 3.63) is 59.7 Å². The zero-order valence-corrected chi connectivity index (χ0v) is 17.2. The van der Waals surface area contributed by atoms with E-state index in [0.29, 0.717) is 12.6 Å². The van der Waals surface area contributed by atoms with Gasteiger partial charge < -0.3 is 0 Å². The van der Waals surface area contributed by atoms with Gasteiger partial charge in [-0.3, -0.25) is 4.90 Å². The maximum Gasteiger partial charge on any atom is 0.240 e. The Balaban J connectivity index is 2.22. The van der Waals surface area contributed by atoms with Gasteiger partial charge in [-0.15, -0.1) is 0 Å². The summed E-state index contributed by atoms with van der Waals surface area (Å²) in [7, 11) is -5.86. The molecule has 148 valence electrons. The number of primary sulfonamides is 1. The third kappa shape index (κ3) is 5.85. The van der Waals surface area contributed by atoms with Crippen molar-refractivity contribution >= 4 is 20.0 Å². The van der Waals surface area contributed by atoms with Gasteiger partial charge in [0.1, 0.15) is 0 Å². The van der Waals surface area contributed by atoms with Crippen molar-refractivity contribution in [2.45, 2.75) is 42.8 Å². The molecule has 0 bridgehead atoms. The molecule has 27 heavy (non-hydrogen) atoms. The number of benzene rings is 2. The summed E-state index contributed by atoms with van der Waals surface area (Å²) in [5, 5.41) is 5.08. The number of rotatable bonds is 8. The molecule has 2 aromatic carbocycles. The highest BCUT2D eigenvalue weighted by Crippen LogP contribution is 2.17. The predicted octanol–water partition coefficient (Wildman–Crippen LogP) is 1.65. The van der Waals surface area contributed by atoms with Crippen molar-refractivity contribution in [1.29, 1.82) is 0 Å². The largest absolute Gasteiger partial charge is 0.300 e. The molecule has 0 saturated carbocycles. The van der Waals surface area contributed by atoms with E-state index in [4.69, 9.17) is 5.14 Å².